The van der Waals surface area contributed by atoms with Crippen molar-refractivity contribution >= 4 is 11.6 Å². The summed E-state index contributed by atoms with van der Waals surface area (Å²) in [5.41, 5.74) is 0.234. The highest BCUT2D eigenvalue weighted by Crippen LogP contribution is 2.20. The van der Waals surface area contributed by atoms with Crippen molar-refractivity contribution in [3.8, 4) is 0 Å². The molecule has 5 heteroatoms. The molecule has 0 bridgehead atoms. The van der Waals surface area contributed by atoms with Crippen molar-refractivity contribution in [3.05, 3.63) is 66.0 Å². The highest BCUT2D eigenvalue weighted by atomic mass is 19.1. The fraction of sp³-hybridized carbons (Fsp3) is 0.278. The van der Waals surface area contributed by atoms with Crippen LogP contribution in [0.3, 0.4) is 0 Å². The van der Waals surface area contributed by atoms with Crippen LogP contribution in [0, 0.1) is 5.82 Å². The van der Waals surface area contributed by atoms with E-state index in [1.165, 1.54) is 24.3 Å². The average molecular weight is 316 g/mol. The molecule has 2 rings (SSSR count). The molecule has 0 aliphatic carbocycles. The molecule has 2 aromatic carbocycles. The van der Waals surface area contributed by atoms with E-state index in [2.05, 4.69) is 5.32 Å². The third-order valence-corrected chi connectivity index (χ3v) is 3.67. The van der Waals surface area contributed by atoms with Crippen molar-refractivity contribution in [2.45, 2.75) is 12.5 Å². The highest BCUT2D eigenvalue weighted by Gasteiger charge is 2.24. The van der Waals surface area contributed by atoms with Gasteiger partial charge in [-0.25, -0.2) is 4.39 Å². The molecule has 1 amide bonds. The van der Waals surface area contributed by atoms with Crippen LogP contribution in [0.15, 0.2) is 54.6 Å². The molecular weight excluding hydrogens is 295 g/mol. The minimum atomic E-state index is -1.26. The molecule has 0 aliphatic rings. The Morgan fingerprint density at radius 3 is 2.39 bits per heavy atom. The van der Waals surface area contributed by atoms with Crippen LogP contribution in [-0.4, -0.2) is 31.2 Å². The number of carbonyl (C=O) groups is 1. The van der Waals surface area contributed by atoms with Gasteiger partial charge in [-0.3, -0.25) is 4.79 Å². The Hall–Kier alpha value is -2.40. The number of nitrogens with one attached hydrogen (secondary N) is 1. The number of para-hydroxylation sites is 1. The summed E-state index contributed by atoms with van der Waals surface area (Å²) >= 11 is 0. The zero-order valence-electron chi connectivity index (χ0n) is 13.3. The number of hydrogen-bond donors (Lipinski definition) is 2. The van der Waals surface area contributed by atoms with Gasteiger partial charge in [0.25, 0.3) is 0 Å². The number of likely N-dealkylation sites (N-methyl/N-ethyl adjacent to an activating group) is 1. The van der Waals surface area contributed by atoms with Gasteiger partial charge in [-0.2, -0.15) is 0 Å². The second kappa shape index (κ2) is 7.24. The lowest BCUT2D eigenvalue weighted by Gasteiger charge is -2.25. The SMILES string of the molecule is CN(CC(=O)NCC(C)(O)c1ccc(F)cc1)c1ccccc1. The van der Waals surface area contributed by atoms with E-state index in [9.17, 15) is 14.3 Å². The van der Waals surface area contributed by atoms with Gasteiger partial charge in [-0.1, -0.05) is 30.3 Å². The van der Waals surface area contributed by atoms with Crippen LogP contribution in [-0.2, 0) is 10.4 Å². The number of carbonyl (C=O) groups excluding carboxylic acids is 1. The molecule has 0 radical (unpaired) electrons. The third-order valence-electron chi connectivity index (χ3n) is 3.67. The monoisotopic (exact) mass is 316 g/mol. The van der Waals surface area contributed by atoms with Gasteiger partial charge in [0.2, 0.25) is 5.91 Å². The summed E-state index contributed by atoms with van der Waals surface area (Å²) in [6.07, 6.45) is 0. The summed E-state index contributed by atoms with van der Waals surface area (Å²) in [5, 5.41) is 13.1. The first-order valence-corrected chi connectivity index (χ1v) is 7.40. The van der Waals surface area contributed by atoms with Crippen molar-refractivity contribution in [3.63, 3.8) is 0 Å². The standard InChI is InChI=1S/C18H21FN2O2/c1-18(23,14-8-10-15(19)11-9-14)13-20-17(22)12-21(2)16-6-4-3-5-7-16/h3-11,23H,12-13H2,1-2H3,(H,20,22). The average Bonchev–Trinajstić information content (AvgIpc) is 2.54. The first-order valence-electron chi connectivity index (χ1n) is 7.40. The van der Waals surface area contributed by atoms with E-state index in [0.29, 0.717) is 5.56 Å². The Balaban J connectivity index is 1.89. The lowest BCUT2D eigenvalue weighted by atomic mass is 9.96. The number of rotatable bonds is 6. The van der Waals surface area contributed by atoms with Crippen molar-refractivity contribution in [2.75, 3.05) is 25.0 Å². The second-order valence-corrected chi connectivity index (χ2v) is 5.75. The predicted octanol–water partition coefficient (Wildman–Crippen LogP) is 2.29. The summed E-state index contributed by atoms with van der Waals surface area (Å²) in [6, 6.07) is 15.2. The number of amides is 1. The smallest absolute Gasteiger partial charge is 0.239 e. The second-order valence-electron chi connectivity index (χ2n) is 5.75. The van der Waals surface area contributed by atoms with Gasteiger partial charge in [-0.05, 0) is 36.8 Å². The molecule has 0 saturated carbocycles. The van der Waals surface area contributed by atoms with Crippen LogP contribution in [0.5, 0.6) is 0 Å². The van der Waals surface area contributed by atoms with Crippen LogP contribution in [0.1, 0.15) is 12.5 Å². The van der Waals surface area contributed by atoms with Crippen molar-refractivity contribution in [2.24, 2.45) is 0 Å². The molecule has 0 saturated heterocycles. The molecular formula is C18H21FN2O2. The van der Waals surface area contributed by atoms with E-state index in [-0.39, 0.29) is 24.8 Å². The quantitative estimate of drug-likeness (QED) is 0.860. The molecule has 4 nitrogen and oxygen atoms in total. The molecule has 23 heavy (non-hydrogen) atoms. The molecule has 2 aromatic rings. The zero-order chi connectivity index (χ0) is 16.9. The molecule has 0 spiro atoms. The molecule has 1 atom stereocenters. The number of benzene rings is 2. The van der Waals surface area contributed by atoms with E-state index in [0.717, 1.165) is 5.69 Å². The fourth-order valence-electron chi connectivity index (χ4n) is 2.23. The van der Waals surface area contributed by atoms with Crippen LogP contribution >= 0.6 is 0 Å². The van der Waals surface area contributed by atoms with Gasteiger partial charge >= 0.3 is 0 Å². The van der Waals surface area contributed by atoms with E-state index in [1.54, 1.807) is 6.92 Å². The molecule has 0 fully saturated rings. The lowest BCUT2D eigenvalue weighted by molar-refractivity contribution is -0.120. The van der Waals surface area contributed by atoms with E-state index < -0.39 is 5.60 Å². The minimum absolute atomic E-state index is 0.0557. The van der Waals surface area contributed by atoms with Gasteiger partial charge in [0.15, 0.2) is 0 Å². The Morgan fingerprint density at radius 2 is 1.78 bits per heavy atom. The fourth-order valence-corrected chi connectivity index (χ4v) is 2.23. The molecule has 0 aliphatic heterocycles. The maximum absolute atomic E-state index is 12.9. The molecule has 0 heterocycles. The third kappa shape index (κ3) is 4.79. The van der Waals surface area contributed by atoms with Crippen molar-refractivity contribution in [1.82, 2.24) is 5.32 Å². The van der Waals surface area contributed by atoms with Crippen molar-refractivity contribution in [1.29, 1.82) is 0 Å². The number of halogens is 1. The molecule has 122 valence electrons. The van der Waals surface area contributed by atoms with Gasteiger partial charge in [0.1, 0.15) is 11.4 Å². The van der Waals surface area contributed by atoms with Crippen LogP contribution in [0.25, 0.3) is 0 Å². The van der Waals surface area contributed by atoms with E-state index in [1.807, 2.05) is 42.3 Å². The van der Waals surface area contributed by atoms with Crippen LogP contribution in [0.2, 0.25) is 0 Å². The summed E-state index contributed by atoms with van der Waals surface area (Å²) in [4.78, 5) is 13.9. The largest absolute Gasteiger partial charge is 0.384 e. The van der Waals surface area contributed by atoms with Gasteiger partial charge in [-0.15, -0.1) is 0 Å². The summed E-state index contributed by atoms with van der Waals surface area (Å²) in [6.45, 7) is 1.82. The first kappa shape index (κ1) is 17.0. The van der Waals surface area contributed by atoms with E-state index in [4.69, 9.17) is 0 Å². The Bertz CT molecular complexity index is 642. The van der Waals surface area contributed by atoms with Gasteiger partial charge in [0, 0.05) is 12.7 Å². The van der Waals surface area contributed by atoms with Crippen LogP contribution in [0.4, 0.5) is 10.1 Å². The first-order chi connectivity index (χ1) is 10.9. The highest BCUT2D eigenvalue weighted by molar-refractivity contribution is 5.81. The number of anilines is 1. The topological polar surface area (TPSA) is 52.6 Å². The Kier molecular flexibility index (Phi) is 5.34. The number of hydrogen-bond acceptors (Lipinski definition) is 3. The van der Waals surface area contributed by atoms with E-state index >= 15 is 0 Å². The number of nitrogens with zero attached hydrogens (tertiary/aromatic N) is 1. The minimum Gasteiger partial charge on any atom is -0.384 e. The molecule has 0 aromatic heterocycles. The molecule has 1 unspecified atom stereocenters. The predicted molar refractivity (Wildman–Crippen MR) is 88.7 cm³/mol. The Morgan fingerprint density at radius 1 is 1.17 bits per heavy atom. The normalized spacial score (nSPS) is 13.2. The number of aliphatic hydroxyl groups is 1. The zero-order valence-corrected chi connectivity index (χ0v) is 13.3. The van der Waals surface area contributed by atoms with Gasteiger partial charge in [0.05, 0.1) is 13.1 Å². The lowest BCUT2D eigenvalue weighted by Crippen LogP contribution is -2.42. The summed E-state index contributed by atoms with van der Waals surface area (Å²) in [7, 11) is 1.83. The maximum Gasteiger partial charge on any atom is 0.239 e. The summed E-state index contributed by atoms with van der Waals surface area (Å²) < 4.78 is 12.9. The van der Waals surface area contributed by atoms with Crippen LogP contribution < -0.4 is 10.2 Å². The Labute approximate surface area is 135 Å². The summed E-state index contributed by atoms with van der Waals surface area (Å²) in [5.74, 6) is -0.559. The molecule has 2 N–H and O–H groups in total. The maximum atomic E-state index is 12.9. The van der Waals surface area contributed by atoms with Gasteiger partial charge < -0.3 is 15.3 Å². The van der Waals surface area contributed by atoms with Crippen molar-refractivity contribution < 1.29 is 14.3 Å².